The summed E-state index contributed by atoms with van der Waals surface area (Å²) in [5.41, 5.74) is 6.86. The molecular formula is C12H17N3O. The van der Waals surface area contributed by atoms with Crippen LogP contribution in [0.2, 0.25) is 0 Å². The molecule has 4 nitrogen and oxygen atoms in total. The number of rotatable bonds is 2. The summed E-state index contributed by atoms with van der Waals surface area (Å²) in [7, 11) is 0. The molecule has 0 aliphatic heterocycles. The van der Waals surface area contributed by atoms with E-state index in [4.69, 9.17) is 5.73 Å². The second-order valence-electron chi connectivity index (χ2n) is 4.36. The lowest BCUT2D eigenvalue weighted by Crippen LogP contribution is -2.34. The first-order chi connectivity index (χ1) is 7.68. The average molecular weight is 219 g/mol. The topological polar surface area (TPSA) is 68.0 Å². The molecule has 0 spiro atoms. The fourth-order valence-corrected chi connectivity index (χ4v) is 2.14. The van der Waals surface area contributed by atoms with Crippen LogP contribution >= 0.6 is 0 Å². The summed E-state index contributed by atoms with van der Waals surface area (Å²) in [5, 5.41) is 2.85. The van der Waals surface area contributed by atoms with Crippen LogP contribution in [0.5, 0.6) is 0 Å². The van der Waals surface area contributed by atoms with Crippen molar-refractivity contribution in [1.82, 2.24) is 4.98 Å². The van der Waals surface area contributed by atoms with Crippen LogP contribution in [0.3, 0.4) is 0 Å². The molecule has 3 N–H and O–H groups in total. The lowest BCUT2D eigenvalue weighted by atomic mass is 10.0. The summed E-state index contributed by atoms with van der Waals surface area (Å²) >= 11 is 0. The SMILES string of the molecule is Cc1cccnc1NC(=O)C1CCCC1N. The number of hydrogen-bond acceptors (Lipinski definition) is 3. The third-order valence-corrected chi connectivity index (χ3v) is 3.16. The van der Waals surface area contributed by atoms with Crippen molar-refractivity contribution >= 4 is 11.7 Å². The molecule has 1 aromatic heterocycles. The van der Waals surface area contributed by atoms with Crippen molar-refractivity contribution in [3.8, 4) is 0 Å². The molecule has 1 amide bonds. The minimum atomic E-state index is -0.0543. The highest BCUT2D eigenvalue weighted by Crippen LogP contribution is 2.25. The monoisotopic (exact) mass is 219 g/mol. The van der Waals surface area contributed by atoms with Crippen molar-refractivity contribution in [2.24, 2.45) is 11.7 Å². The number of amides is 1. The number of hydrogen-bond donors (Lipinski definition) is 2. The van der Waals surface area contributed by atoms with E-state index in [9.17, 15) is 4.79 Å². The number of nitrogens with two attached hydrogens (primary N) is 1. The van der Waals surface area contributed by atoms with E-state index < -0.39 is 0 Å². The summed E-state index contributed by atoms with van der Waals surface area (Å²) in [6.45, 7) is 1.93. The van der Waals surface area contributed by atoms with Gasteiger partial charge in [-0.05, 0) is 31.4 Å². The summed E-state index contributed by atoms with van der Waals surface area (Å²) < 4.78 is 0. The first kappa shape index (κ1) is 11.1. The normalized spacial score (nSPS) is 24.4. The number of carbonyl (C=O) groups is 1. The van der Waals surface area contributed by atoms with Crippen molar-refractivity contribution in [3.63, 3.8) is 0 Å². The van der Waals surface area contributed by atoms with Gasteiger partial charge in [-0.25, -0.2) is 4.98 Å². The van der Waals surface area contributed by atoms with Crippen LogP contribution in [0.4, 0.5) is 5.82 Å². The molecule has 1 heterocycles. The third kappa shape index (κ3) is 2.22. The third-order valence-electron chi connectivity index (χ3n) is 3.16. The molecule has 0 bridgehead atoms. The molecule has 1 aromatic rings. The van der Waals surface area contributed by atoms with Gasteiger partial charge in [0.25, 0.3) is 0 Å². The van der Waals surface area contributed by atoms with Crippen LogP contribution in [0.15, 0.2) is 18.3 Å². The average Bonchev–Trinajstić information content (AvgIpc) is 2.68. The standard InChI is InChI=1S/C12H17N3O/c1-8-4-3-7-14-11(8)15-12(16)9-5-2-6-10(9)13/h3-4,7,9-10H,2,5-6,13H2,1H3,(H,14,15,16). The zero-order valence-electron chi connectivity index (χ0n) is 9.44. The highest BCUT2D eigenvalue weighted by Gasteiger charge is 2.30. The summed E-state index contributed by atoms with van der Waals surface area (Å²) in [5.74, 6) is 0.597. The van der Waals surface area contributed by atoms with Gasteiger partial charge in [0, 0.05) is 12.2 Å². The molecule has 86 valence electrons. The van der Waals surface area contributed by atoms with Gasteiger partial charge in [0.2, 0.25) is 5.91 Å². The molecule has 1 aliphatic carbocycles. The van der Waals surface area contributed by atoms with E-state index in [1.807, 2.05) is 19.1 Å². The van der Waals surface area contributed by atoms with E-state index >= 15 is 0 Å². The molecule has 4 heteroatoms. The number of nitrogens with zero attached hydrogens (tertiary/aromatic N) is 1. The highest BCUT2D eigenvalue weighted by atomic mass is 16.2. The predicted octanol–water partition coefficient (Wildman–Crippen LogP) is 1.46. The van der Waals surface area contributed by atoms with Crippen LogP contribution in [0.1, 0.15) is 24.8 Å². The number of pyridine rings is 1. The predicted molar refractivity (Wildman–Crippen MR) is 62.9 cm³/mol. The fourth-order valence-electron chi connectivity index (χ4n) is 2.14. The molecule has 2 rings (SSSR count). The van der Waals surface area contributed by atoms with Gasteiger partial charge in [0.05, 0.1) is 5.92 Å². The van der Waals surface area contributed by atoms with Crippen molar-refractivity contribution in [3.05, 3.63) is 23.9 Å². The van der Waals surface area contributed by atoms with Gasteiger partial charge in [0.15, 0.2) is 0 Å². The number of nitrogens with one attached hydrogen (secondary N) is 1. The Morgan fingerprint density at radius 1 is 1.56 bits per heavy atom. The largest absolute Gasteiger partial charge is 0.327 e. The lowest BCUT2D eigenvalue weighted by Gasteiger charge is -2.15. The summed E-state index contributed by atoms with van der Waals surface area (Å²) in [4.78, 5) is 16.1. The van der Waals surface area contributed by atoms with Crippen molar-refractivity contribution < 1.29 is 4.79 Å². The Balaban J connectivity index is 2.05. The van der Waals surface area contributed by atoms with E-state index in [1.54, 1.807) is 6.20 Å². The minimum absolute atomic E-state index is 0.00372. The van der Waals surface area contributed by atoms with Crippen LogP contribution in [-0.2, 0) is 4.79 Å². The number of aryl methyl sites for hydroxylation is 1. The molecule has 1 aliphatic rings. The van der Waals surface area contributed by atoms with Crippen molar-refractivity contribution in [2.75, 3.05) is 5.32 Å². The first-order valence-electron chi connectivity index (χ1n) is 5.66. The number of anilines is 1. The summed E-state index contributed by atoms with van der Waals surface area (Å²) in [6, 6.07) is 3.78. The van der Waals surface area contributed by atoms with Crippen LogP contribution in [0.25, 0.3) is 0 Å². The summed E-state index contributed by atoms with van der Waals surface area (Å²) in [6.07, 6.45) is 4.55. The zero-order chi connectivity index (χ0) is 11.5. The Labute approximate surface area is 95.3 Å². The van der Waals surface area contributed by atoms with Crippen molar-refractivity contribution in [2.45, 2.75) is 32.2 Å². The minimum Gasteiger partial charge on any atom is -0.327 e. The Hall–Kier alpha value is -1.42. The molecule has 0 radical (unpaired) electrons. The van der Waals surface area contributed by atoms with Gasteiger partial charge < -0.3 is 11.1 Å². The second-order valence-corrected chi connectivity index (χ2v) is 4.36. The van der Waals surface area contributed by atoms with Crippen LogP contribution in [-0.4, -0.2) is 16.9 Å². The lowest BCUT2D eigenvalue weighted by molar-refractivity contribution is -0.120. The molecule has 0 saturated heterocycles. The second kappa shape index (κ2) is 4.61. The smallest absolute Gasteiger partial charge is 0.230 e. The van der Waals surface area contributed by atoms with Gasteiger partial charge >= 0.3 is 0 Å². The van der Waals surface area contributed by atoms with E-state index in [2.05, 4.69) is 10.3 Å². The van der Waals surface area contributed by atoms with Crippen LogP contribution in [0, 0.1) is 12.8 Å². The Kier molecular flexibility index (Phi) is 3.19. The van der Waals surface area contributed by atoms with Gasteiger partial charge in [-0.3, -0.25) is 4.79 Å². The van der Waals surface area contributed by atoms with Gasteiger partial charge in [-0.1, -0.05) is 12.5 Å². The van der Waals surface area contributed by atoms with Crippen molar-refractivity contribution in [1.29, 1.82) is 0 Å². The first-order valence-corrected chi connectivity index (χ1v) is 5.66. The molecular weight excluding hydrogens is 202 g/mol. The maximum atomic E-state index is 11.9. The Morgan fingerprint density at radius 2 is 2.38 bits per heavy atom. The molecule has 0 aromatic carbocycles. The van der Waals surface area contributed by atoms with E-state index in [0.29, 0.717) is 5.82 Å². The van der Waals surface area contributed by atoms with E-state index in [-0.39, 0.29) is 17.9 Å². The molecule has 16 heavy (non-hydrogen) atoms. The maximum absolute atomic E-state index is 11.9. The number of carbonyl (C=O) groups excluding carboxylic acids is 1. The fraction of sp³-hybridized carbons (Fsp3) is 0.500. The Bertz CT molecular complexity index is 392. The van der Waals surface area contributed by atoms with Gasteiger partial charge in [-0.15, -0.1) is 0 Å². The van der Waals surface area contributed by atoms with Gasteiger partial charge in [-0.2, -0.15) is 0 Å². The quantitative estimate of drug-likeness (QED) is 0.791. The van der Waals surface area contributed by atoms with Crippen LogP contribution < -0.4 is 11.1 Å². The van der Waals surface area contributed by atoms with Gasteiger partial charge in [0.1, 0.15) is 5.82 Å². The maximum Gasteiger partial charge on any atom is 0.230 e. The molecule has 1 saturated carbocycles. The molecule has 1 fully saturated rings. The zero-order valence-corrected chi connectivity index (χ0v) is 9.44. The molecule has 2 atom stereocenters. The number of aromatic nitrogens is 1. The van der Waals surface area contributed by atoms with E-state index in [0.717, 1.165) is 24.8 Å². The molecule has 2 unspecified atom stereocenters. The Morgan fingerprint density at radius 3 is 3.00 bits per heavy atom. The highest BCUT2D eigenvalue weighted by molar-refractivity contribution is 5.92. The van der Waals surface area contributed by atoms with E-state index in [1.165, 1.54) is 0 Å².